The lowest BCUT2D eigenvalue weighted by atomic mass is 10.1. The monoisotopic (exact) mass is 243 g/mol. The molecule has 1 heterocycles. The van der Waals surface area contributed by atoms with Crippen LogP contribution in [0.2, 0.25) is 0 Å². The minimum absolute atomic E-state index is 0.343. The van der Waals surface area contributed by atoms with Crippen molar-refractivity contribution in [2.24, 2.45) is 0 Å². The van der Waals surface area contributed by atoms with Gasteiger partial charge in [-0.15, -0.1) is 0 Å². The summed E-state index contributed by atoms with van der Waals surface area (Å²) in [5, 5.41) is 10.9. The Labute approximate surface area is 106 Å². The first-order valence-electron chi connectivity index (χ1n) is 5.63. The van der Waals surface area contributed by atoms with Crippen LogP contribution < -0.4 is 14.0 Å². The summed E-state index contributed by atoms with van der Waals surface area (Å²) in [5.41, 5.74) is 1.04. The number of aromatic nitrogens is 1. The quantitative estimate of drug-likeness (QED) is 0.774. The van der Waals surface area contributed by atoms with Crippen LogP contribution >= 0.6 is 0 Å². The summed E-state index contributed by atoms with van der Waals surface area (Å²) in [6.45, 7) is 2.34. The predicted octanol–water partition coefficient (Wildman–Crippen LogP) is 1.98. The van der Waals surface area contributed by atoms with E-state index in [0.29, 0.717) is 18.0 Å². The molecule has 0 radical (unpaired) electrons. The van der Waals surface area contributed by atoms with Crippen molar-refractivity contribution >= 4 is 10.8 Å². The third-order valence-corrected chi connectivity index (χ3v) is 3.05. The van der Waals surface area contributed by atoms with Crippen LogP contribution in [0.15, 0.2) is 24.4 Å². The molecule has 92 valence electrons. The van der Waals surface area contributed by atoms with Crippen LogP contribution in [0.1, 0.15) is 5.69 Å². The van der Waals surface area contributed by atoms with Crippen molar-refractivity contribution in [3.05, 3.63) is 30.1 Å². The third kappa shape index (κ3) is 1.95. The first-order chi connectivity index (χ1) is 8.71. The van der Waals surface area contributed by atoms with Gasteiger partial charge in [0.25, 0.3) is 0 Å². The minimum Gasteiger partial charge on any atom is -0.493 e. The fourth-order valence-corrected chi connectivity index (χ4v) is 2.03. The molecule has 2 rings (SSSR count). The predicted molar refractivity (Wildman–Crippen MR) is 67.6 cm³/mol. The largest absolute Gasteiger partial charge is 0.493 e. The van der Waals surface area contributed by atoms with Crippen molar-refractivity contribution in [1.29, 1.82) is 5.26 Å². The van der Waals surface area contributed by atoms with Crippen LogP contribution in [0, 0.1) is 18.3 Å². The zero-order valence-electron chi connectivity index (χ0n) is 10.7. The van der Waals surface area contributed by atoms with Gasteiger partial charge in [-0.05, 0) is 17.5 Å². The maximum Gasteiger partial charge on any atom is 0.234 e. The second-order valence-corrected chi connectivity index (χ2v) is 3.98. The molecule has 0 bridgehead atoms. The molecule has 0 unspecified atom stereocenters. The number of hydrogen-bond donors (Lipinski definition) is 0. The average molecular weight is 243 g/mol. The van der Waals surface area contributed by atoms with E-state index in [1.807, 2.05) is 35.9 Å². The molecule has 18 heavy (non-hydrogen) atoms. The summed E-state index contributed by atoms with van der Waals surface area (Å²) in [5.74, 6) is 1.41. The van der Waals surface area contributed by atoms with Crippen LogP contribution in [0.3, 0.4) is 0 Å². The number of hydrogen-bond acceptors (Lipinski definition) is 3. The summed E-state index contributed by atoms with van der Waals surface area (Å²) in [6, 6.07) is 8.01. The van der Waals surface area contributed by atoms with Gasteiger partial charge in [0.1, 0.15) is 6.07 Å². The van der Waals surface area contributed by atoms with Gasteiger partial charge in [-0.1, -0.05) is 0 Å². The van der Waals surface area contributed by atoms with E-state index < -0.39 is 0 Å². The fraction of sp³-hybridized carbons (Fsp3) is 0.286. The second kappa shape index (κ2) is 4.92. The molecular formula is C14H15N2O2+. The number of fused-ring (bicyclic) bond motifs is 1. The van der Waals surface area contributed by atoms with E-state index in [4.69, 9.17) is 14.7 Å². The lowest BCUT2D eigenvalue weighted by Gasteiger charge is -2.09. The Morgan fingerprint density at radius 2 is 1.89 bits per heavy atom. The van der Waals surface area contributed by atoms with E-state index in [0.717, 1.165) is 16.5 Å². The van der Waals surface area contributed by atoms with Gasteiger partial charge in [-0.2, -0.15) is 9.83 Å². The number of methoxy groups -OCH3 is 2. The standard InChI is InChI=1S/C14H15N2O2/c1-10-12-9-14(18-3)13(17-2)8-11(12)4-6-16(10)7-5-15/h4,6,8-9H,7H2,1-3H3/q+1. The number of pyridine rings is 1. The Morgan fingerprint density at radius 3 is 2.50 bits per heavy atom. The number of nitriles is 1. The van der Waals surface area contributed by atoms with E-state index in [-0.39, 0.29) is 0 Å². The number of rotatable bonds is 3. The Morgan fingerprint density at radius 1 is 1.22 bits per heavy atom. The number of nitrogens with zero attached hydrogens (tertiary/aromatic N) is 2. The molecule has 0 aliphatic rings. The molecule has 2 aromatic rings. The molecule has 4 nitrogen and oxygen atoms in total. The highest BCUT2D eigenvalue weighted by Gasteiger charge is 2.14. The number of ether oxygens (including phenoxy) is 2. The van der Waals surface area contributed by atoms with Crippen molar-refractivity contribution in [2.75, 3.05) is 14.2 Å². The molecule has 0 saturated heterocycles. The average Bonchev–Trinajstić information content (AvgIpc) is 2.41. The van der Waals surface area contributed by atoms with Gasteiger partial charge in [0.2, 0.25) is 6.54 Å². The molecular weight excluding hydrogens is 228 g/mol. The smallest absolute Gasteiger partial charge is 0.234 e. The number of benzene rings is 1. The van der Waals surface area contributed by atoms with Crippen LogP contribution in [-0.2, 0) is 6.54 Å². The summed E-state index contributed by atoms with van der Waals surface area (Å²) < 4.78 is 12.5. The maximum absolute atomic E-state index is 8.78. The highest BCUT2D eigenvalue weighted by atomic mass is 16.5. The van der Waals surface area contributed by atoms with E-state index in [1.165, 1.54) is 0 Å². The Hall–Kier alpha value is -2.28. The minimum atomic E-state index is 0.343. The lowest BCUT2D eigenvalue weighted by molar-refractivity contribution is -0.689. The van der Waals surface area contributed by atoms with Gasteiger partial charge in [0.05, 0.1) is 19.6 Å². The zero-order valence-corrected chi connectivity index (χ0v) is 10.7. The first-order valence-corrected chi connectivity index (χ1v) is 5.63. The van der Waals surface area contributed by atoms with Gasteiger partial charge in [-0.3, -0.25) is 0 Å². The first kappa shape index (κ1) is 12.2. The Bertz CT molecular complexity index is 630. The van der Waals surface area contributed by atoms with Crippen molar-refractivity contribution in [3.8, 4) is 17.6 Å². The molecule has 0 atom stereocenters. The van der Waals surface area contributed by atoms with Crippen LogP contribution in [0.5, 0.6) is 11.5 Å². The summed E-state index contributed by atoms with van der Waals surface area (Å²) >= 11 is 0. The van der Waals surface area contributed by atoms with Gasteiger partial charge in [-0.25, -0.2) is 0 Å². The van der Waals surface area contributed by atoms with Gasteiger partial charge < -0.3 is 9.47 Å². The van der Waals surface area contributed by atoms with Crippen LogP contribution in [0.4, 0.5) is 0 Å². The van der Waals surface area contributed by atoms with E-state index in [2.05, 4.69) is 6.07 Å². The molecule has 0 saturated carbocycles. The lowest BCUT2D eigenvalue weighted by Crippen LogP contribution is -2.36. The van der Waals surface area contributed by atoms with E-state index in [9.17, 15) is 0 Å². The van der Waals surface area contributed by atoms with Gasteiger partial charge in [0, 0.05) is 13.0 Å². The molecule has 0 N–H and O–H groups in total. The second-order valence-electron chi connectivity index (χ2n) is 3.98. The van der Waals surface area contributed by atoms with Crippen LogP contribution in [-0.4, -0.2) is 14.2 Å². The van der Waals surface area contributed by atoms with Crippen molar-refractivity contribution in [2.45, 2.75) is 13.5 Å². The van der Waals surface area contributed by atoms with E-state index >= 15 is 0 Å². The highest BCUT2D eigenvalue weighted by molar-refractivity contribution is 5.86. The molecule has 1 aromatic heterocycles. The van der Waals surface area contributed by atoms with Crippen molar-refractivity contribution in [3.63, 3.8) is 0 Å². The summed E-state index contributed by atoms with van der Waals surface area (Å²) in [7, 11) is 3.24. The Balaban J connectivity index is 2.70. The van der Waals surface area contributed by atoms with Crippen molar-refractivity contribution in [1.82, 2.24) is 0 Å². The molecule has 1 aromatic carbocycles. The molecule has 0 aliphatic carbocycles. The SMILES string of the molecule is COc1cc2cc[n+](CC#N)c(C)c2cc1OC. The topological polar surface area (TPSA) is 46.1 Å². The maximum atomic E-state index is 8.78. The molecule has 0 spiro atoms. The summed E-state index contributed by atoms with van der Waals surface area (Å²) in [4.78, 5) is 0. The van der Waals surface area contributed by atoms with Crippen LogP contribution in [0.25, 0.3) is 10.8 Å². The van der Waals surface area contributed by atoms with Gasteiger partial charge >= 0.3 is 0 Å². The Kier molecular flexibility index (Phi) is 3.33. The fourth-order valence-electron chi connectivity index (χ4n) is 2.03. The van der Waals surface area contributed by atoms with Gasteiger partial charge in [0.15, 0.2) is 23.4 Å². The molecule has 0 aliphatic heterocycles. The molecule has 0 fully saturated rings. The highest BCUT2D eigenvalue weighted by Crippen LogP contribution is 2.32. The molecule has 4 heteroatoms. The van der Waals surface area contributed by atoms with Crippen molar-refractivity contribution < 1.29 is 14.0 Å². The molecule has 0 amide bonds. The number of aryl methyl sites for hydroxylation is 1. The zero-order chi connectivity index (χ0) is 13.1. The third-order valence-electron chi connectivity index (χ3n) is 3.05. The normalized spacial score (nSPS) is 10.1. The summed E-state index contributed by atoms with van der Waals surface area (Å²) in [6.07, 6.45) is 1.91. The van der Waals surface area contributed by atoms with E-state index in [1.54, 1.807) is 14.2 Å².